The van der Waals surface area contributed by atoms with Gasteiger partial charge in [-0.1, -0.05) is 6.92 Å². The predicted octanol–water partition coefficient (Wildman–Crippen LogP) is 2.44. The van der Waals surface area contributed by atoms with Crippen LogP contribution in [-0.2, 0) is 0 Å². The Bertz CT molecular complexity index is 535. The molecule has 0 radical (unpaired) electrons. The quantitative estimate of drug-likeness (QED) is 0.773. The van der Waals surface area contributed by atoms with Crippen LogP contribution in [0.4, 0.5) is 5.13 Å². The molecule has 0 aliphatic heterocycles. The van der Waals surface area contributed by atoms with E-state index in [2.05, 4.69) is 20.3 Å². The third kappa shape index (κ3) is 2.51. The van der Waals surface area contributed by atoms with Crippen LogP contribution in [0.3, 0.4) is 0 Å². The summed E-state index contributed by atoms with van der Waals surface area (Å²) in [7, 11) is 0. The van der Waals surface area contributed by atoms with Crippen molar-refractivity contribution in [1.82, 2.24) is 15.0 Å². The van der Waals surface area contributed by atoms with Crippen molar-refractivity contribution < 1.29 is 9.90 Å². The first-order valence-corrected chi connectivity index (χ1v) is 6.40. The number of carboxylic acids is 1. The topological polar surface area (TPSA) is 90.9 Å². The van der Waals surface area contributed by atoms with Gasteiger partial charge in [0.1, 0.15) is 5.82 Å². The molecule has 0 amide bonds. The maximum atomic E-state index is 10.9. The number of H-pyrrole nitrogens is 1. The lowest BCUT2D eigenvalue weighted by Crippen LogP contribution is -2.11. The largest absolute Gasteiger partial charge is 0.476 e. The smallest absolute Gasteiger partial charge is 0.355 e. The average Bonchev–Trinajstić information content (AvgIpc) is 2.95. The van der Waals surface area contributed by atoms with Gasteiger partial charge in [0.25, 0.3) is 0 Å². The second-order valence-corrected chi connectivity index (χ2v) is 5.01. The number of anilines is 1. The van der Waals surface area contributed by atoms with Gasteiger partial charge in [0.2, 0.25) is 0 Å². The number of hydrogen-bond acceptors (Lipinski definition) is 5. The van der Waals surface area contributed by atoms with Crippen molar-refractivity contribution in [3.05, 3.63) is 28.8 Å². The maximum absolute atomic E-state index is 10.9. The van der Waals surface area contributed by atoms with Gasteiger partial charge in [-0.05, 0) is 13.3 Å². The van der Waals surface area contributed by atoms with Crippen LogP contribution in [0.15, 0.2) is 12.4 Å². The number of carboxylic acid groups (broad SMARTS) is 1. The molecule has 0 bridgehead atoms. The molecule has 0 spiro atoms. The molecule has 0 aromatic carbocycles. The van der Waals surface area contributed by atoms with E-state index in [0.717, 1.165) is 12.2 Å². The molecule has 0 fully saturated rings. The highest BCUT2D eigenvalue weighted by molar-refractivity contribution is 7.15. The van der Waals surface area contributed by atoms with Gasteiger partial charge in [-0.25, -0.2) is 14.8 Å². The lowest BCUT2D eigenvalue weighted by atomic mass is 10.2. The van der Waals surface area contributed by atoms with Crippen LogP contribution < -0.4 is 5.32 Å². The molecular formula is C11H14N4O2S. The Morgan fingerprint density at radius 2 is 2.44 bits per heavy atom. The molecule has 1 unspecified atom stereocenters. The highest BCUT2D eigenvalue weighted by Gasteiger charge is 2.17. The van der Waals surface area contributed by atoms with E-state index in [1.807, 2.05) is 6.92 Å². The number of aromatic carboxylic acids is 1. The zero-order valence-corrected chi connectivity index (χ0v) is 10.9. The normalized spacial score (nSPS) is 12.3. The summed E-state index contributed by atoms with van der Waals surface area (Å²) in [5, 5.41) is 12.8. The van der Waals surface area contributed by atoms with E-state index in [1.165, 1.54) is 11.3 Å². The van der Waals surface area contributed by atoms with Crippen LogP contribution in [0.1, 0.15) is 40.6 Å². The summed E-state index contributed by atoms with van der Waals surface area (Å²) in [4.78, 5) is 22.9. The summed E-state index contributed by atoms with van der Waals surface area (Å²) in [6.07, 6.45) is 4.28. The third-order valence-electron chi connectivity index (χ3n) is 2.55. The summed E-state index contributed by atoms with van der Waals surface area (Å²) in [6, 6.07) is 0.00666. The molecule has 2 aromatic rings. The molecule has 1 atom stereocenters. The Balaban J connectivity index is 2.18. The zero-order valence-electron chi connectivity index (χ0n) is 10.1. The van der Waals surface area contributed by atoms with Crippen molar-refractivity contribution in [1.29, 1.82) is 0 Å². The third-order valence-corrected chi connectivity index (χ3v) is 3.46. The van der Waals surface area contributed by atoms with E-state index in [1.54, 1.807) is 19.3 Å². The minimum Gasteiger partial charge on any atom is -0.476 e. The first-order chi connectivity index (χ1) is 8.61. The van der Waals surface area contributed by atoms with Gasteiger partial charge in [0.05, 0.1) is 6.04 Å². The number of aromatic nitrogens is 3. The van der Waals surface area contributed by atoms with E-state index < -0.39 is 5.97 Å². The highest BCUT2D eigenvalue weighted by Crippen LogP contribution is 2.26. The lowest BCUT2D eigenvalue weighted by molar-refractivity contribution is 0.0690. The van der Waals surface area contributed by atoms with Gasteiger partial charge in [0.15, 0.2) is 10.8 Å². The molecule has 0 saturated carbocycles. The molecule has 0 aliphatic rings. The second kappa shape index (κ2) is 5.18. The van der Waals surface area contributed by atoms with Gasteiger partial charge in [-0.2, -0.15) is 0 Å². The maximum Gasteiger partial charge on any atom is 0.355 e. The summed E-state index contributed by atoms with van der Waals surface area (Å²) in [6.45, 7) is 3.78. The molecule has 96 valence electrons. The van der Waals surface area contributed by atoms with Gasteiger partial charge >= 0.3 is 5.97 Å². The van der Waals surface area contributed by atoms with Gasteiger partial charge < -0.3 is 15.4 Å². The Hall–Kier alpha value is -1.89. The fraction of sp³-hybridized carbons (Fsp3) is 0.364. The van der Waals surface area contributed by atoms with Crippen LogP contribution in [-0.4, -0.2) is 26.0 Å². The van der Waals surface area contributed by atoms with Crippen molar-refractivity contribution >= 4 is 22.4 Å². The SMILES string of the molecule is CCC(Nc1nc(C(=O)O)c(C)s1)c1ncc[nH]1. The van der Waals surface area contributed by atoms with Crippen LogP contribution in [0, 0.1) is 6.92 Å². The Kier molecular flexibility index (Phi) is 3.61. The highest BCUT2D eigenvalue weighted by atomic mass is 32.1. The molecule has 3 N–H and O–H groups in total. The number of aromatic amines is 1. The van der Waals surface area contributed by atoms with Crippen LogP contribution in [0.2, 0.25) is 0 Å². The minimum absolute atomic E-state index is 0.00666. The van der Waals surface area contributed by atoms with E-state index >= 15 is 0 Å². The Labute approximate surface area is 108 Å². The number of hydrogen-bond donors (Lipinski definition) is 3. The Morgan fingerprint density at radius 1 is 1.67 bits per heavy atom. The zero-order chi connectivity index (χ0) is 13.1. The molecule has 0 saturated heterocycles. The summed E-state index contributed by atoms with van der Waals surface area (Å²) < 4.78 is 0. The molecule has 2 aromatic heterocycles. The Morgan fingerprint density at radius 3 is 2.94 bits per heavy atom. The average molecular weight is 266 g/mol. The monoisotopic (exact) mass is 266 g/mol. The van der Waals surface area contributed by atoms with E-state index in [9.17, 15) is 4.79 Å². The summed E-state index contributed by atoms with van der Waals surface area (Å²) >= 11 is 1.34. The minimum atomic E-state index is -0.997. The van der Waals surface area contributed by atoms with Crippen molar-refractivity contribution in [2.24, 2.45) is 0 Å². The number of nitrogens with zero attached hydrogens (tertiary/aromatic N) is 2. The second-order valence-electron chi connectivity index (χ2n) is 3.81. The van der Waals surface area contributed by atoms with E-state index in [-0.39, 0.29) is 11.7 Å². The number of rotatable bonds is 5. The number of thiazole rings is 1. The predicted molar refractivity (Wildman–Crippen MR) is 69.1 cm³/mol. The summed E-state index contributed by atoms with van der Waals surface area (Å²) in [5.74, 6) is -0.176. The van der Waals surface area contributed by atoms with Crippen molar-refractivity contribution in [2.75, 3.05) is 5.32 Å². The van der Waals surface area contributed by atoms with Gasteiger partial charge in [0, 0.05) is 17.3 Å². The van der Waals surface area contributed by atoms with Crippen LogP contribution in [0.25, 0.3) is 0 Å². The van der Waals surface area contributed by atoms with Crippen LogP contribution >= 0.6 is 11.3 Å². The van der Waals surface area contributed by atoms with Gasteiger partial charge in [-0.15, -0.1) is 11.3 Å². The van der Waals surface area contributed by atoms with Crippen LogP contribution in [0.5, 0.6) is 0 Å². The van der Waals surface area contributed by atoms with Gasteiger partial charge in [-0.3, -0.25) is 0 Å². The molecule has 2 rings (SSSR count). The molecule has 7 heteroatoms. The van der Waals surface area contributed by atoms with E-state index in [4.69, 9.17) is 5.11 Å². The first-order valence-electron chi connectivity index (χ1n) is 5.58. The molecular weight excluding hydrogens is 252 g/mol. The molecule has 2 heterocycles. The summed E-state index contributed by atoms with van der Waals surface area (Å²) in [5.41, 5.74) is 0.108. The van der Waals surface area contributed by atoms with Crippen molar-refractivity contribution in [3.63, 3.8) is 0 Å². The number of nitrogens with one attached hydrogen (secondary N) is 2. The fourth-order valence-electron chi connectivity index (χ4n) is 1.64. The molecule has 6 nitrogen and oxygen atoms in total. The van der Waals surface area contributed by atoms with Crippen molar-refractivity contribution in [2.45, 2.75) is 26.3 Å². The number of imidazole rings is 1. The lowest BCUT2D eigenvalue weighted by Gasteiger charge is -2.13. The first kappa shape index (κ1) is 12.6. The molecule has 0 aliphatic carbocycles. The van der Waals surface area contributed by atoms with Crippen molar-refractivity contribution in [3.8, 4) is 0 Å². The van der Waals surface area contributed by atoms with E-state index in [0.29, 0.717) is 10.0 Å². The number of aryl methyl sites for hydroxylation is 1. The standard InChI is InChI=1S/C11H14N4O2S/c1-3-7(9-12-4-5-13-9)14-11-15-8(10(16)17)6(2)18-11/h4-5,7H,3H2,1-2H3,(H,12,13)(H,14,15)(H,16,17). The fourth-order valence-corrected chi connectivity index (χ4v) is 2.50. The molecule has 18 heavy (non-hydrogen) atoms. The number of carbonyl (C=O) groups is 1.